The van der Waals surface area contributed by atoms with Crippen LogP contribution in [0.25, 0.3) is 0 Å². The Morgan fingerprint density at radius 2 is 1.33 bits per heavy atom. The maximum atomic E-state index is 11.6. The van der Waals surface area contributed by atoms with Crippen molar-refractivity contribution >= 4 is 23.9 Å². The molecular formula is C15H26AlO4P. The number of phenols is 1. The topological polar surface area (TPSA) is 77.8 Å². The Morgan fingerprint density at radius 1 is 1.00 bits per heavy atom. The molecular weight excluding hydrogens is 302 g/mol. The molecule has 1 unspecified atom stereocenters. The largest absolute Gasteiger partial charge is 0.507 e. The quantitative estimate of drug-likeness (QED) is 0.576. The highest BCUT2D eigenvalue weighted by Crippen LogP contribution is 2.51. The van der Waals surface area contributed by atoms with E-state index in [0.29, 0.717) is 21.9 Å². The molecule has 0 aliphatic heterocycles. The molecule has 6 heteroatoms. The highest BCUT2D eigenvalue weighted by Gasteiger charge is 2.31. The molecule has 4 nitrogen and oxygen atoms in total. The van der Waals surface area contributed by atoms with E-state index in [1.54, 1.807) is 12.1 Å². The summed E-state index contributed by atoms with van der Waals surface area (Å²) in [5, 5.41) is 10.6. The zero-order valence-electron chi connectivity index (χ0n) is 13.9. The van der Waals surface area contributed by atoms with Crippen molar-refractivity contribution in [3.63, 3.8) is 0 Å². The zero-order valence-corrected chi connectivity index (χ0v) is 16.8. The van der Waals surface area contributed by atoms with Crippen molar-refractivity contribution in [2.45, 2.75) is 56.9 Å². The minimum atomic E-state index is -4.16. The van der Waals surface area contributed by atoms with Crippen molar-refractivity contribution in [3.8, 4) is 5.75 Å². The van der Waals surface area contributed by atoms with Crippen LogP contribution in [-0.2, 0) is 15.4 Å². The zero-order chi connectivity index (χ0) is 16.8. The highest BCUT2D eigenvalue weighted by molar-refractivity contribution is 7.53. The summed E-state index contributed by atoms with van der Waals surface area (Å²) in [5.41, 5.74) is 1.51. The average molecular weight is 328 g/mol. The van der Waals surface area contributed by atoms with Crippen LogP contribution in [0.1, 0.15) is 62.8 Å². The second-order valence-electron chi connectivity index (χ2n) is 7.73. The van der Waals surface area contributed by atoms with Gasteiger partial charge in [0.2, 0.25) is 16.3 Å². The van der Waals surface area contributed by atoms with Gasteiger partial charge in [0, 0.05) is 4.52 Å². The summed E-state index contributed by atoms with van der Waals surface area (Å²) < 4.78 is 10.9. The van der Waals surface area contributed by atoms with Crippen molar-refractivity contribution in [2.24, 2.45) is 0 Å². The summed E-state index contributed by atoms with van der Waals surface area (Å²) in [7, 11) is -4.16. The monoisotopic (exact) mass is 328 g/mol. The van der Waals surface area contributed by atoms with Crippen LogP contribution in [0, 0.1) is 0 Å². The number of phenolic OH excluding ortho intramolecular Hbond substituents is 1. The molecule has 118 valence electrons. The number of benzene rings is 1. The van der Waals surface area contributed by atoms with E-state index in [0.717, 1.165) is 11.1 Å². The minimum Gasteiger partial charge on any atom is -0.507 e. The Kier molecular flexibility index (Phi) is 5.11. The number of hydrogen-bond acceptors (Lipinski definition) is 2. The van der Waals surface area contributed by atoms with E-state index in [4.69, 9.17) is 0 Å². The first kappa shape index (κ1) is 18.8. The molecule has 0 aromatic heterocycles. The summed E-state index contributed by atoms with van der Waals surface area (Å²) in [6.45, 7) is 11.9. The van der Waals surface area contributed by atoms with Gasteiger partial charge in [-0.3, -0.25) is 4.57 Å². The van der Waals surface area contributed by atoms with Crippen LogP contribution in [-0.4, -0.2) is 31.2 Å². The molecule has 1 rings (SSSR count). The van der Waals surface area contributed by atoms with Gasteiger partial charge in [-0.2, -0.15) is 0 Å². The lowest BCUT2D eigenvalue weighted by Gasteiger charge is -2.29. The molecule has 21 heavy (non-hydrogen) atoms. The van der Waals surface area contributed by atoms with Gasteiger partial charge in [-0.15, -0.1) is 0 Å². The third kappa shape index (κ3) is 4.34. The van der Waals surface area contributed by atoms with Gasteiger partial charge in [-0.1, -0.05) is 53.7 Å². The molecule has 0 saturated carbocycles. The van der Waals surface area contributed by atoms with Crippen LogP contribution in [0.5, 0.6) is 5.75 Å². The van der Waals surface area contributed by atoms with Crippen molar-refractivity contribution in [2.75, 3.05) is 0 Å². The molecule has 1 aromatic carbocycles. The van der Waals surface area contributed by atoms with Gasteiger partial charge in [0.05, 0.1) is 0 Å². The predicted molar refractivity (Wildman–Crippen MR) is 88.8 cm³/mol. The number of hydrogen-bond donors (Lipinski definition) is 3. The van der Waals surface area contributed by atoms with Gasteiger partial charge in [0.1, 0.15) is 5.75 Å². The van der Waals surface area contributed by atoms with Gasteiger partial charge in [0.15, 0.2) is 0 Å². The molecule has 0 bridgehead atoms. The molecule has 1 atom stereocenters. The van der Waals surface area contributed by atoms with E-state index in [1.165, 1.54) is 0 Å². The standard InChI is InChI=1S/C15H24O4P.Al.2H/c1-14(2,3)11-7-10(9-20(17,18)19)8-12(13(11)16)15(4,5)6;;;/h7-9,16H,1-6H3,(H2,17,18,19);;;. The molecule has 0 aliphatic rings. The third-order valence-corrected chi connectivity index (χ3v) is 7.73. The maximum absolute atomic E-state index is 11.6. The van der Waals surface area contributed by atoms with Crippen molar-refractivity contribution in [1.29, 1.82) is 0 Å². The lowest BCUT2D eigenvalue weighted by molar-refractivity contribution is 0.369. The summed E-state index contributed by atoms with van der Waals surface area (Å²) in [4.78, 5) is 19.0. The average Bonchev–Trinajstić information content (AvgIpc) is 2.23. The first-order chi connectivity index (χ1) is 9.15. The van der Waals surface area contributed by atoms with Crippen molar-refractivity contribution in [3.05, 3.63) is 28.8 Å². The van der Waals surface area contributed by atoms with Crippen LogP contribution in [0.2, 0.25) is 0 Å². The van der Waals surface area contributed by atoms with Gasteiger partial charge in [0.25, 0.3) is 0 Å². The van der Waals surface area contributed by atoms with Gasteiger partial charge >= 0.3 is 7.60 Å². The van der Waals surface area contributed by atoms with E-state index in [2.05, 4.69) is 0 Å². The van der Waals surface area contributed by atoms with E-state index in [-0.39, 0.29) is 16.6 Å². The first-order valence-electron chi connectivity index (χ1n) is 7.09. The van der Waals surface area contributed by atoms with Gasteiger partial charge < -0.3 is 14.9 Å². The second-order valence-corrected chi connectivity index (χ2v) is 11.8. The summed E-state index contributed by atoms with van der Waals surface area (Å²) >= 11 is 0.358. The molecule has 0 amide bonds. The Labute approximate surface area is 135 Å². The summed E-state index contributed by atoms with van der Waals surface area (Å²) in [6, 6.07) is 3.50. The Morgan fingerprint density at radius 3 is 1.57 bits per heavy atom. The second kappa shape index (κ2) is 5.72. The van der Waals surface area contributed by atoms with E-state index >= 15 is 0 Å². The van der Waals surface area contributed by atoms with Crippen LogP contribution in [0.4, 0.5) is 0 Å². The fourth-order valence-electron chi connectivity index (χ4n) is 2.24. The lowest BCUT2D eigenvalue weighted by Crippen LogP contribution is -2.18. The Balaban J connectivity index is 3.67. The first-order valence-corrected chi connectivity index (χ1v) is 9.92. The fraction of sp³-hybridized carbons (Fsp3) is 0.600. The van der Waals surface area contributed by atoms with Crippen molar-refractivity contribution in [1.82, 2.24) is 0 Å². The molecule has 1 aromatic rings. The minimum absolute atomic E-state index is 0.235. The van der Waals surface area contributed by atoms with Crippen LogP contribution in [0.15, 0.2) is 12.1 Å². The maximum Gasteiger partial charge on any atom is 0.318 e. The Hall–Kier alpha value is -0.298. The van der Waals surface area contributed by atoms with Gasteiger partial charge in [-0.25, -0.2) is 0 Å². The highest BCUT2D eigenvalue weighted by atomic mass is 31.2. The summed E-state index contributed by atoms with van der Waals surface area (Å²) in [5.74, 6) is 0.235. The number of aromatic hydroxyl groups is 1. The molecule has 0 heterocycles. The van der Waals surface area contributed by atoms with Crippen LogP contribution >= 0.6 is 7.60 Å². The lowest BCUT2D eigenvalue weighted by atomic mass is 9.78. The van der Waals surface area contributed by atoms with Crippen LogP contribution in [0.3, 0.4) is 0 Å². The normalized spacial score (nSPS) is 15.0. The molecule has 0 spiro atoms. The molecule has 0 aliphatic carbocycles. The van der Waals surface area contributed by atoms with E-state index in [9.17, 15) is 19.5 Å². The van der Waals surface area contributed by atoms with Crippen LogP contribution < -0.4 is 0 Å². The SMILES string of the molecule is CC(C)(C)c1cc([CH]([AlH2])P(=O)(O)O)cc(C(C)(C)C)c1O. The molecule has 0 saturated heterocycles. The molecule has 0 fully saturated rings. The molecule has 0 radical (unpaired) electrons. The van der Waals surface area contributed by atoms with E-state index < -0.39 is 12.1 Å². The molecule has 3 N–H and O–H groups in total. The smallest absolute Gasteiger partial charge is 0.318 e. The number of rotatable bonds is 2. The summed E-state index contributed by atoms with van der Waals surface area (Å²) in [6.07, 6.45) is 0. The van der Waals surface area contributed by atoms with Crippen molar-refractivity contribution < 1.29 is 19.5 Å². The Bertz CT molecular complexity index is 543. The van der Waals surface area contributed by atoms with Gasteiger partial charge in [-0.05, 0) is 27.5 Å². The predicted octanol–water partition coefficient (Wildman–Crippen LogP) is 2.80. The third-order valence-electron chi connectivity index (χ3n) is 3.74. The van der Waals surface area contributed by atoms with E-state index in [1.807, 2.05) is 41.5 Å². The fourth-order valence-corrected chi connectivity index (χ4v) is 3.11.